The number of alkyl halides is 2. The van der Waals surface area contributed by atoms with Crippen molar-refractivity contribution in [2.45, 2.75) is 12.0 Å². The summed E-state index contributed by atoms with van der Waals surface area (Å²) in [6.45, 7) is 0. The molecule has 2 aliphatic carbocycles. The first-order valence-electron chi connectivity index (χ1n) is 13.8. The molecule has 5 aromatic rings. The number of hydrogen-bond acceptors (Lipinski definition) is 2. The van der Waals surface area contributed by atoms with Gasteiger partial charge < -0.3 is 9.31 Å². The molecular formula is C32H7BF16O2. The third kappa shape index (κ3) is 4.52. The maximum absolute atomic E-state index is 15.9. The predicted molar refractivity (Wildman–Crippen MR) is 144 cm³/mol. The van der Waals surface area contributed by atoms with E-state index in [1.807, 2.05) is 0 Å². The van der Waals surface area contributed by atoms with Crippen LogP contribution in [0, 0.1) is 69.8 Å². The molecule has 51 heavy (non-hydrogen) atoms. The average molecular weight is 738 g/mol. The summed E-state index contributed by atoms with van der Waals surface area (Å²) in [6.07, 6.45) is -2.67. The molecule has 5 aromatic carbocycles. The number of rotatable bonds is 5. The lowest BCUT2D eigenvalue weighted by Gasteiger charge is -2.25. The summed E-state index contributed by atoms with van der Waals surface area (Å²) in [5.74, 6) is -42.0. The Hall–Kier alpha value is -5.20. The summed E-state index contributed by atoms with van der Waals surface area (Å²) in [5, 5.41) is -2.58. The standard InChI is InChI=1S/C32H7BF16O2/c34-9-5-1-3-7-11(9)18(36)24(42)23(41)17(7)33(50-30-8-4-2-6-10(35)12(8)19(37)28(30)46)51-31-16-14(21(39)26(44)29(31)47)13-15(32(16,48)49)22(40)27(45)25(43)20(13)38/h1-6,30H. The quantitative estimate of drug-likeness (QED) is 0.0775. The van der Waals surface area contributed by atoms with Crippen LogP contribution in [0.1, 0.15) is 28.4 Å². The molecule has 7 rings (SSSR count). The molecule has 262 valence electrons. The lowest BCUT2D eigenvalue weighted by Crippen LogP contribution is -2.44. The second-order valence-corrected chi connectivity index (χ2v) is 11.0. The van der Waals surface area contributed by atoms with Crippen LogP contribution in [0.5, 0.6) is 5.75 Å². The maximum Gasteiger partial charge on any atom is 0.567 e. The summed E-state index contributed by atoms with van der Waals surface area (Å²) in [7, 11) is -3.33. The van der Waals surface area contributed by atoms with Crippen LogP contribution in [-0.4, -0.2) is 7.12 Å². The molecule has 0 fully saturated rings. The highest BCUT2D eigenvalue weighted by Crippen LogP contribution is 2.59. The van der Waals surface area contributed by atoms with Gasteiger partial charge in [0.25, 0.3) is 0 Å². The van der Waals surface area contributed by atoms with Gasteiger partial charge in [-0.1, -0.05) is 24.3 Å². The van der Waals surface area contributed by atoms with Gasteiger partial charge in [0.05, 0.1) is 22.1 Å². The van der Waals surface area contributed by atoms with E-state index >= 15 is 30.7 Å². The molecule has 0 saturated carbocycles. The molecule has 0 bridgehead atoms. The van der Waals surface area contributed by atoms with Gasteiger partial charge in [-0.15, -0.1) is 0 Å². The fourth-order valence-corrected chi connectivity index (χ4v) is 6.10. The van der Waals surface area contributed by atoms with Crippen LogP contribution in [0.2, 0.25) is 0 Å². The van der Waals surface area contributed by atoms with Crippen molar-refractivity contribution >= 4 is 29.2 Å². The van der Waals surface area contributed by atoms with E-state index in [-0.39, 0.29) is 0 Å². The average Bonchev–Trinajstić information content (AvgIpc) is 3.48. The van der Waals surface area contributed by atoms with Crippen LogP contribution in [0.3, 0.4) is 0 Å². The summed E-state index contributed by atoms with van der Waals surface area (Å²) < 4.78 is 250. The van der Waals surface area contributed by atoms with Crippen molar-refractivity contribution in [3.8, 4) is 16.9 Å². The first kappa shape index (κ1) is 34.3. The van der Waals surface area contributed by atoms with E-state index in [4.69, 9.17) is 9.31 Å². The number of fused-ring (bicyclic) bond motifs is 5. The Bertz CT molecular complexity index is 2430. The molecule has 0 heterocycles. The Balaban J connectivity index is 1.54. The minimum Gasteiger partial charge on any atom is -0.530 e. The smallest absolute Gasteiger partial charge is 0.530 e. The zero-order chi connectivity index (χ0) is 37.2. The van der Waals surface area contributed by atoms with Crippen LogP contribution < -0.4 is 10.1 Å². The summed E-state index contributed by atoms with van der Waals surface area (Å²) in [6, 6.07) is 4.05. The highest BCUT2D eigenvalue weighted by molar-refractivity contribution is 6.65. The van der Waals surface area contributed by atoms with E-state index in [1.54, 1.807) is 0 Å². The number of hydrogen-bond donors (Lipinski definition) is 0. The van der Waals surface area contributed by atoms with E-state index in [0.717, 1.165) is 12.1 Å². The maximum atomic E-state index is 15.9. The van der Waals surface area contributed by atoms with Crippen LogP contribution >= 0.6 is 0 Å². The Kier molecular flexibility index (Phi) is 7.67. The van der Waals surface area contributed by atoms with Crippen molar-refractivity contribution < 1.29 is 79.6 Å². The van der Waals surface area contributed by atoms with Crippen LogP contribution in [0.15, 0.2) is 42.2 Å². The van der Waals surface area contributed by atoms with E-state index in [0.29, 0.717) is 24.3 Å². The highest BCUT2D eigenvalue weighted by atomic mass is 19.3. The number of benzene rings is 5. The van der Waals surface area contributed by atoms with E-state index in [1.165, 1.54) is 0 Å². The van der Waals surface area contributed by atoms with Crippen molar-refractivity contribution in [3.63, 3.8) is 0 Å². The normalized spacial score (nSPS) is 15.8. The fraction of sp³-hybridized carbons (Fsp3) is 0.0625. The molecule has 0 radical (unpaired) electrons. The summed E-state index contributed by atoms with van der Waals surface area (Å²) in [5.41, 5.74) is -12.9. The SMILES string of the molecule is FC1=C(F)C(OB(Oc2c(F)c(F)c(F)c3c2C(F)(F)c2c(F)c(F)c(F)c(F)c2-3)c2c(F)c(F)c(F)c3c(F)cccc23)c2cccc(F)c21. The summed E-state index contributed by atoms with van der Waals surface area (Å²) in [4.78, 5) is 0. The second kappa shape index (κ2) is 11.4. The van der Waals surface area contributed by atoms with Crippen LogP contribution in [-0.2, 0) is 10.6 Å². The molecule has 0 aromatic heterocycles. The van der Waals surface area contributed by atoms with Gasteiger partial charge in [0.1, 0.15) is 17.7 Å². The lowest BCUT2D eigenvalue weighted by molar-refractivity contribution is 0.0401. The van der Waals surface area contributed by atoms with Gasteiger partial charge in [-0.05, 0) is 23.1 Å². The molecule has 0 amide bonds. The van der Waals surface area contributed by atoms with Crippen molar-refractivity contribution in [1.82, 2.24) is 0 Å². The topological polar surface area (TPSA) is 18.5 Å². The van der Waals surface area contributed by atoms with Gasteiger partial charge in [-0.25, -0.2) is 57.1 Å². The molecule has 2 aliphatic rings. The largest absolute Gasteiger partial charge is 0.567 e. The van der Waals surface area contributed by atoms with Gasteiger partial charge in [0, 0.05) is 16.6 Å². The third-order valence-electron chi connectivity index (χ3n) is 8.28. The minimum absolute atomic E-state index is 0.498. The van der Waals surface area contributed by atoms with Gasteiger partial charge in [-0.2, -0.15) is 13.2 Å². The van der Waals surface area contributed by atoms with Gasteiger partial charge in [0.2, 0.25) is 5.82 Å². The predicted octanol–water partition coefficient (Wildman–Crippen LogP) is 9.78. The molecule has 19 heteroatoms. The van der Waals surface area contributed by atoms with Crippen molar-refractivity contribution in [2.75, 3.05) is 0 Å². The Morgan fingerprint density at radius 2 is 1.08 bits per heavy atom. The van der Waals surface area contributed by atoms with Gasteiger partial charge >= 0.3 is 13.0 Å². The second-order valence-electron chi connectivity index (χ2n) is 11.0. The zero-order valence-electron chi connectivity index (χ0n) is 24.0. The van der Waals surface area contributed by atoms with E-state index in [9.17, 15) is 39.5 Å². The van der Waals surface area contributed by atoms with Gasteiger partial charge in [0.15, 0.2) is 69.8 Å². The monoisotopic (exact) mass is 738 g/mol. The fourth-order valence-electron chi connectivity index (χ4n) is 6.10. The first-order valence-corrected chi connectivity index (χ1v) is 13.8. The summed E-state index contributed by atoms with van der Waals surface area (Å²) >= 11 is 0. The Morgan fingerprint density at radius 3 is 1.75 bits per heavy atom. The highest BCUT2D eigenvalue weighted by Gasteiger charge is 2.56. The molecule has 1 unspecified atom stereocenters. The molecule has 0 N–H and O–H groups in total. The van der Waals surface area contributed by atoms with Crippen LogP contribution in [0.4, 0.5) is 70.2 Å². The minimum atomic E-state index is -5.40. The zero-order valence-corrected chi connectivity index (χ0v) is 24.0. The third-order valence-corrected chi connectivity index (χ3v) is 8.28. The molecular weight excluding hydrogens is 731 g/mol. The van der Waals surface area contributed by atoms with Crippen LogP contribution in [0.25, 0.3) is 27.7 Å². The Morgan fingerprint density at radius 1 is 0.529 bits per heavy atom. The molecule has 2 nitrogen and oxygen atoms in total. The van der Waals surface area contributed by atoms with Crippen molar-refractivity contribution in [3.05, 3.63) is 134 Å². The molecule has 0 aliphatic heterocycles. The Labute approximate surface area is 272 Å². The first-order chi connectivity index (χ1) is 23.9. The van der Waals surface area contributed by atoms with E-state index in [2.05, 4.69) is 0 Å². The molecule has 1 atom stereocenters. The van der Waals surface area contributed by atoms with E-state index < -0.39 is 156 Å². The molecule has 0 spiro atoms. The van der Waals surface area contributed by atoms with Crippen molar-refractivity contribution in [2.24, 2.45) is 0 Å². The lowest BCUT2D eigenvalue weighted by atomic mass is 9.74. The van der Waals surface area contributed by atoms with Gasteiger partial charge in [-0.3, -0.25) is 0 Å². The van der Waals surface area contributed by atoms with Crippen molar-refractivity contribution in [1.29, 1.82) is 0 Å². The molecule has 0 saturated heterocycles. The number of halogens is 16.